The molecule has 0 spiro atoms. The van der Waals surface area contributed by atoms with E-state index in [2.05, 4.69) is 15.5 Å². The molecular formula is C13H11Cl2N3O. The molecule has 2 N–H and O–H groups in total. The van der Waals surface area contributed by atoms with Gasteiger partial charge in [0.2, 0.25) is 5.91 Å². The van der Waals surface area contributed by atoms with Crippen molar-refractivity contribution >= 4 is 34.9 Å². The molecule has 0 saturated carbocycles. The van der Waals surface area contributed by atoms with Gasteiger partial charge in [-0.3, -0.25) is 9.89 Å². The lowest BCUT2D eigenvalue weighted by atomic mass is 9.86. The van der Waals surface area contributed by atoms with E-state index in [4.69, 9.17) is 23.2 Å². The summed E-state index contributed by atoms with van der Waals surface area (Å²) in [5.74, 6) is 0.437. The number of H-pyrrole nitrogens is 1. The van der Waals surface area contributed by atoms with Crippen molar-refractivity contribution in [2.45, 2.75) is 19.3 Å². The van der Waals surface area contributed by atoms with Crippen molar-refractivity contribution in [1.29, 1.82) is 0 Å². The van der Waals surface area contributed by atoms with E-state index in [0.29, 0.717) is 22.3 Å². The topological polar surface area (TPSA) is 57.8 Å². The standard InChI is InChI=1S/C13H11Cl2N3O/c1-6-12-9(5-11(19)16-13(12)18-17-6)8-3-2-7(14)4-10(8)15/h2-4,9H,5H2,1H3,(H2,16,17,18,19). The van der Waals surface area contributed by atoms with Gasteiger partial charge in [-0.15, -0.1) is 0 Å². The van der Waals surface area contributed by atoms with E-state index >= 15 is 0 Å². The first-order valence-corrected chi connectivity index (χ1v) is 6.61. The van der Waals surface area contributed by atoms with Crippen LogP contribution in [0.5, 0.6) is 0 Å². The van der Waals surface area contributed by atoms with Gasteiger partial charge in [0, 0.05) is 33.6 Å². The quantitative estimate of drug-likeness (QED) is 0.846. The summed E-state index contributed by atoms with van der Waals surface area (Å²) in [6.07, 6.45) is 0.356. The fourth-order valence-electron chi connectivity index (χ4n) is 2.48. The predicted octanol–water partition coefficient (Wildman–Crippen LogP) is 3.50. The Kier molecular flexibility index (Phi) is 2.99. The number of anilines is 1. The summed E-state index contributed by atoms with van der Waals surface area (Å²) in [6.45, 7) is 1.93. The molecule has 1 amide bonds. The highest BCUT2D eigenvalue weighted by atomic mass is 35.5. The summed E-state index contributed by atoms with van der Waals surface area (Å²) >= 11 is 12.2. The first-order valence-electron chi connectivity index (χ1n) is 5.86. The molecule has 1 aliphatic heterocycles. The van der Waals surface area contributed by atoms with Gasteiger partial charge in [0.25, 0.3) is 0 Å². The first-order chi connectivity index (χ1) is 9.06. The number of aryl methyl sites for hydroxylation is 1. The average Bonchev–Trinajstić information content (AvgIpc) is 2.70. The molecule has 1 atom stereocenters. The van der Waals surface area contributed by atoms with Crippen LogP contribution in [-0.2, 0) is 4.79 Å². The van der Waals surface area contributed by atoms with Gasteiger partial charge in [-0.25, -0.2) is 0 Å². The molecule has 1 aromatic heterocycles. The maximum absolute atomic E-state index is 11.8. The maximum atomic E-state index is 11.8. The van der Waals surface area contributed by atoms with Crippen LogP contribution in [-0.4, -0.2) is 16.1 Å². The number of hydrogen-bond donors (Lipinski definition) is 2. The van der Waals surface area contributed by atoms with Crippen molar-refractivity contribution in [3.8, 4) is 0 Å². The van der Waals surface area contributed by atoms with Crippen LogP contribution in [0, 0.1) is 6.92 Å². The van der Waals surface area contributed by atoms with Crippen molar-refractivity contribution in [2.75, 3.05) is 5.32 Å². The Labute approximate surface area is 120 Å². The zero-order chi connectivity index (χ0) is 13.6. The number of carbonyl (C=O) groups is 1. The molecule has 0 saturated heterocycles. The van der Waals surface area contributed by atoms with Crippen LogP contribution < -0.4 is 5.32 Å². The van der Waals surface area contributed by atoms with E-state index in [0.717, 1.165) is 16.8 Å². The second kappa shape index (κ2) is 4.54. The molecule has 98 valence electrons. The Balaban J connectivity index is 2.14. The Morgan fingerprint density at radius 3 is 2.89 bits per heavy atom. The van der Waals surface area contributed by atoms with Gasteiger partial charge in [-0.2, -0.15) is 5.10 Å². The number of nitrogens with zero attached hydrogens (tertiary/aromatic N) is 1. The van der Waals surface area contributed by atoms with Gasteiger partial charge < -0.3 is 5.32 Å². The number of nitrogens with one attached hydrogen (secondary N) is 2. The van der Waals surface area contributed by atoms with Crippen molar-refractivity contribution in [3.63, 3.8) is 0 Å². The minimum absolute atomic E-state index is 0.0602. The van der Waals surface area contributed by atoms with Crippen LogP contribution in [0.1, 0.15) is 29.2 Å². The highest BCUT2D eigenvalue weighted by molar-refractivity contribution is 6.35. The van der Waals surface area contributed by atoms with E-state index in [-0.39, 0.29) is 11.8 Å². The third-order valence-corrected chi connectivity index (χ3v) is 3.89. The van der Waals surface area contributed by atoms with Crippen molar-refractivity contribution in [2.24, 2.45) is 0 Å². The third kappa shape index (κ3) is 2.11. The largest absolute Gasteiger partial charge is 0.309 e. The zero-order valence-corrected chi connectivity index (χ0v) is 11.6. The molecule has 0 radical (unpaired) electrons. The average molecular weight is 296 g/mol. The van der Waals surface area contributed by atoms with E-state index in [1.165, 1.54) is 0 Å². The predicted molar refractivity (Wildman–Crippen MR) is 74.9 cm³/mol. The van der Waals surface area contributed by atoms with Crippen LogP contribution in [0.4, 0.5) is 5.82 Å². The summed E-state index contributed by atoms with van der Waals surface area (Å²) < 4.78 is 0. The number of hydrogen-bond acceptors (Lipinski definition) is 2. The lowest BCUT2D eigenvalue weighted by Crippen LogP contribution is -2.23. The fourth-order valence-corrected chi connectivity index (χ4v) is 3.02. The van der Waals surface area contributed by atoms with Gasteiger partial charge >= 0.3 is 0 Å². The SMILES string of the molecule is Cc1[nH]nc2c1C(c1ccc(Cl)cc1Cl)CC(=O)N2. The molecule has 0 aliphatic carbocycles. The zero-order valence-electron chi connectivity index (χ0n) is 10.1. The summed E-state index contributed by atoms with van der Waals surface area (Å²) in [4.78, 5) is 11.8. The molecule has 1 unspecified atom stereocenters. The highest BCUT2D eigenvalue weighted by Crippen LogP contribution is 2.40. The molecule has 3 rings (SSSR count). The van der Waals surface area contributed by atoms with E-state index in [1.807, 2.05) is 13.0 Å². The fraction of sp³-hybridized carbons (Fsp3) is 0.231. The lowest BCUT2D eigenvalue weighted by Gasteiger charge is -2.23. The number of halogens is 2. The normalized spacial score (nSPS) is 18.1. The number of rotatable bonds is 1. The Morgan fingerprint density at radius 1 is 1.37 bits per heavy atom. The van der Waals surface area contributed by atoms with E-state index in [9.17, 15) is 4.79 Å². The molecular weight excluding hydrogens is 285 g/mol. The molecule has 6 heteroatoms. The summed E-state index contributed by atoms with van der Waals surface area (Å²) in [7, 11) is 0. The van der Waals surface area contributed by atoms with Crippen molar-refractivity contribution in [3.05, 3.63) is 45.1 Å². The number of amides is 1. The monoisotopic (exact) mass is 295 g/mol. The molecule has 19 heavy (non-hydrogen) atoms. The van der Waals surface area contributed by atoms with Crippen LogP contribution in [0.25, 0.3) is 0 Å². The number of benzene rings is 1. The molecule has 1 aromatic carbocycles. The van der Waals surface area contributed by atoms with E-state index < -0.39 is 0 Å². The second-order valence-electron chi connectivity index (χ2n) is 4.58. The number of carbonyl (C=O) groups excluding carboxylic acids is 1. The van der Waals surface area contributed by atoms with Crippen LogP contribution in [0.15, 0.2) is 18.2 Å². The third-order valence-electron chi connectivity index (χ3n) is 3.33. The first kappa shape index (κ1) is 12.5. The number of aromatic amines is 1. The van der Waals surface area contributed by atoms with Gasteiger partial charge in [0.1, 0.15) is 0 Å². The van der Waals surface area contributed by atoms with Gasteiger partial charge in [0.05, 0.1) is 0 Å². The number of aromatic nitrogens is 2. The van der Waals surface area contributed by atoms with Crippen LogP contribution >= 0.6 is 23.2 Å². The van der Waals surface area contributed by atoms with E-state index in [1.54, 1.807) is 12.1 Å². The lowest BCUT2D eigenvalue weighted by molar-refractivity contribution is -0.116. The summed E-state index contributed by atoms with van der Waals surface area (Å²) in [5.41, 5.74) is 2.82. The summed E-state index contributed by atoms with van der Waals surface area (Å²) in [5, 5.41) is 10.9. The maximum Gasteiger partial charge on any atom is 0.226 e. The second-order valence-corrected chi connectivity index (χ2v) is 5.43. The van der Waals surface area contributed by atoms with Crippen molar-refractivity contribution < 1.29 is 4.79 Å². The van der Waals surface area contributed by atoms with Gasteiger partial charge in [-0.05, 0) is 24.6 Å². The van der Waals surface area contributed by atoms with Crippen LogP contribution in [0.3, 0.4) is 0 Å². The molecule has 0 bridgehead atoms. The minimum atomic E-state index is -0.0905. The highest BCUT2D eigenvalue weighted by Gasteiger charge is 2.31. The smallest absolute Gasteiger partial charge is 0.226 e. The number of fused-ring (bicyclic) bond motifs is 1. The summed E-state index contributed by atoms with van der Waals surface area (Å²) in [6, 6.07) is 5.34. The van der Waals surface area contributed by atoms with Gasteiger partial charge in [-0.1, -0.05) is 29.3 Å². The molecule has 4 nitrogen and oxygen atoms in total. The molecule has 2 aromatic rings. The molecule has 2 heterocycles. The van der Waals surface area contributed by atoms with Crippen molar-refractivity contribution in [1.82, 2.24) is 10.2 Å². The Hall–Kier alpha value is -1.52. The minimum Gasteiger partial charge on any atom is -0.309 e. The Bertz CT molecular complexity index is 666. The van der Waals surface area contributed by atoms with Crippen LogP contribution in [0.2, 0.25) is 10.0 Å². The van der Waals surface area contributed by atoms with Gasteiger partial charge in [0.15, 0.2) is 5.82 Å². The molecule has 1 aliphatic rings. The Morgan fingerprint density at radius 2 is 2.16 bits per heavy atom. The molecule has 0 fully saturated rings.